The van der Waals surface area contributed by atoms with Crippen molar-refractivity contribution in [1.29, 1.82) is 0 Å². The van der Waals surface area contributed by atoms with E-state index < -0.39 is 0 Å². The molecule has 0 saturated carbocycles. The summed E-state index contributed by atoms with van der Waals surface area (Å²) in [6.07, 6.45) is 2.34. The zero-order chi connectivity index (χ0) is 11.8. The van der Waals surface area contributed by atoms with Crippen molar-refractivity contribution >= 4 is 27.7 Å². The molecule has 0 aromatic carbocycles. The quantitative estimate of drug-likeness (QED) is 0.805. The van der Waals surface area contributed by atoms with E-state index in [4.69, 9.17) is 5.73 Å². The molecule has 2 heterocycles. The standard InChI is InChI=1S/C11H17BrN4/c1-11(2)3-5-16(6-4-11)10-14-8(12)7-9(13)15-10/h7H,3-6H2,1-2H3,(H2,13,14,15). The van der Waals surface area contributed by atoms with Gasteiger partial charge in [-0.05, 0) is 34.2 Å². The first-order valence-corrected chi connectivity index (χ1v) is 6.31. The highest BCUT2D eigenvalue weighted by molar-refractivity contribution is 9.10. The zero-order valence-electron chi connectivity index (χ0n) is 9.70. The minimum atomic E-state index is 0.439. The molecular weight excluding hydrogens is 268 g/mol. The van der Waals surface area contributed by atoms with E-state index in [1.54, 1.807) is 6.07 Å². The predicted molar refractivity (Wildman–Crippen MR) is 69.4 cm³/mol. The van der Waals surface area contributed by atoms with Gasteiger partial charge in [0.1, 0.15) is 10.4 Å². The maximum absolute atomic E-state index is 5.71. The van der Waals surface area contributed by atoms with Gasteiger partial charge < -0.3 is 10.6 Å². The lowest BCUT2D eigenvalue weighted by molar-refractivity contribution is 0.278. The second-order valence-corrected chi connectivity index (χ2v) is 5.88. The Balaban J connectivity index is 2.14. The fraction of sp³-hybridized carbons (Fsp3) is 0.636. The lowest BCUT2D eigenvalue weighted by Gasteiger charge is -2.36. The number of piperidine rings is 1. The summed E-state index contributed by atoms with van der Waals surface area (Å²) < 4.78 is 0.750. The highest BCUT2D eigenvalue weighted by atomic mass is 79.9. The first-order chi connectivity index (χ1) is 7.46. The van der Waals surface area contributed by atoms with Gasteiger partial charge >= 0.3 is 0 Å². The Labute approximate surface area is 104 Å². The molecule has 0 spiro atoms. The first kappa shape index (κ1) is 11.6. The van der Waals surface area contributed by atoms with Crippen LogP contribution in [0, 0.1) is 5.41 Å². The van der Waals surface area contributed by atoms with E-state index in [2.05, 4.69) is 44.6 Å². The topological polar surface area (TPSA) is 55.0 Å². The Bertz CT molecular complexity index is 361. The lowest BCUT2D eigenvalue weighted by Crippen LogP contribution is -2.38. The molecule has 1 fully saturated rings. The second-order valence-electron chi connectivity index (χ2n) is 5.07. The Hall–Kier alpha value is -0.840. The third kappa shape index (κ3) is 2.64. The largest absolute Gasteiger partial charge is 0.383 e. The van der Waals surface area contributed by atoms with Gasteiger partial charge in [0.2, 0.25) is 5.95 Å². The minimum absolute atomic E-state index is 0.439. The normalized spacial score (nSPS) is 19.8. The Kier molecular flexibility index (Phi) is 3.06. The molecule has 5 heteroatoms. The molecule has 0 radical (unpaired) electrons. The van der Waals surface area contributed by atoms with Crippen molar-refractivity contribution in [2.24, 2.45) is 5.41 Å². The van der Waals surface area contributed by atoms with E-state index in [1.807, 2.05) is 0 Å². The average Bonchev–Trinajstić information content (AvgIpc) is 2.15. The molecular formula is C11H17BrN4. The van der Waals surface area contributed by atoms with Gasteiger partial charge in [0.05, 0.1) is 0 Å². The van der Waals surface area contributed by atoms with Crippen LogP contribution < -0.4 is 10.6 Å². The number of hydrogen-bond acceptors (Lipinski definition) is 4. The summed E-state index contributed by atoms with van der Waals surface area (Å²) in [7, 11) is 0. The summed E-state index contributed by atoms with van der Waals surface area (Å²) in [5, 5.41) is 0. The molecule has 2 rings (SSSR count). The van der Waals surface area contributed by atoms with Gasteiger partial charge in [-0.1, -0.05) is 13.8 Å². The summed E-state index contributed by atoms with van der Waals surface area (Å²) in [6.45, 7) is 6.62. The fourth-order valence-corrected chi connectivity index (χ4v) is 2.27. The number of nitrogens with zero attached hydrogens (tertiary/aromatic N) is 3. The van der Waals surface area contributed by atoms with Crippen LogP contribution in [0.4, 0.5) is 11.8 Å². The summed E-state index contributed by atoms with van der Waals surface area (Å²) in [5.74, 6) is 1.25. The molecule has 1 aliphatic heterocycles. The maximum atomic E-state index is 5.71. The van der Waals surface area contributed by atoms with Crippen LogP contribution in [0.1, 0.15) is 26.7 Å². The average molecular weight is 285 g/mol. The van der Waals surface area contributed by atoms with E-state index >= 15 is 0 Å². The highest BCUT2D eigenvalue weighted by Gasteiger charge is 2.26. The van der Waals surface area contributed by atoms with Crippen LogP contribution in [0.3, 0.4) is 0 Å². The maximum Gasteiger partial charge on any atom is 0.228 e. The van der Waals surface area contributed by atoms with E-state index in [-0.39, 0.29) is 0 Å². The van der Waals surface area contributed by atoms with Crippen LogP contribution in [0.2, 0.25) is 0 Å². The number of rotatable bonds is 1. The molecule has 16 heavy (non-hydrogen) atoms. The van der Waals surface area contributed by atoms with Crippen LogP contribution in [0.25, 0.3) is 0 Å². The number of nitrogen functional groups attached to an aromatic ring is 1. The van der Waals surface area contributed by atoms with Crippen LogP contribution in [-0.4, -0.2) is 23.1 Å². The molecule has 1 aromatic heterocycles. The van der Waals surface area contributed by atoms with Gasteiger partial charge in [-0.3, -0.25) is 0 Å². The van der Waals surface area contributed by atoms with Gasteiger partial charge in [0.15, 0.2) is 0 Å². The number of nitrogens with two attached hydrogens (primary N) is 1. The summed E-state index contributed by atoms with van der Waals surface area (Å²) >= 11 is 3.34. The van der Waals surface area contributed by atoms with Gasteiger partial charge in [-0.15, -0.1) is 0 Å². The number of hydrogen-bond donors (Lipinski definition) is 1. The van der Waals surface area contributed by atoms with Crippen molar-refractivity contribution in [3.8, 4) is 0 Å². The molecule has 0 aliphatic carbocycles. The molecule has 0 unspecified atom stereocenters. The van der Waals surface area contributed by atoms with Gasteiger partial charge in [0.25, 0.3) is 0 Å². The highest BCUT2D eigenvalue weighted by Crippen LogP contribution is 2.31. The van der Waals surface area contributed by atoms with Gasteiger partial charge in [0, 0.05) is 19.2 Å². The summed E-state index contributed by atoms with van der Waals surface area (Å²) in [4.78, 5) is 10.8. The SMILES string of the molecule is CC1(C)CCN(c2nc(N)cc(Br)n2)CC1. The van der Waals surface area contributed by atoms with Crippen molar-refractivity contribution in [2.45, 2.75) is 26.7 Å². The summed E-state index contributed by atoms with van der Waals surface area (Å²) in [5.41, 5.74) is 6.15. The molecule has 0 bridgehead atoms. The first-order valence-electron chi connectivity index (χ1n) is 5.51. The van der Waals surface area contributed by atoms with Gasteiger partial charge in [-0.2, -0.15) is 4.98 Å². The third-order valence-corrected chi connectivity index (χ3v) is 3.51. The van der Waals surface area contributed by atoms with Crippen LogP contribution in [0.5, 0.6) is 0 Å². The Morgan fingerprint density at radius 2 is 1.94 bits per heavy atom. The van der Waals surface area contributed by atoms with Crippen molar-refractivity contribution < 1.29 is 0 Å². The van der Waals surface area contributed by atoms with Crippen LogP contribution >= 0.6 is 15.9 Å². The second kappa shape index (κ2) is 4.20. The Morgan fingerprint density at radius 3 is 2.50 bits per heavy atom. The van der Waals surface area contributed by atoms with E-state index in [0.717, 1.165) is 23.6 Å². The van der Waals surface area contributed by atoms with Crippen LogP contribution in [-0.2, 0) is 0 Å². The monoisotopic (exact) mass is 284 g/mol. The Morgan fingerprint density at radius 1 is 1.31 bits per heavy atom. The number of anilines is 2. The van der Waals surface area contributed by atoms with E-state index in [9.17, 15) is 0 Å². The van der Waals surface area contributed by atoms with Gasteiger partial charge in [-0.25, -0.2) is 4.98 Å². The minimum Gasteiger partial charge on any atom is -0.383 e. The number of halogens is 1. The van der Waals surface area contributed by atoms with Crippen molar-refractivity contribution in [2.75, 3.05) is 23.7 Å². The van der Waals surface area contributed by atoms with E-state index in [1.165, 1.54) is 12.8 Å². The molecule has 0 atom stereocenters. The molecule has 1 aliphatic rings. The molecule has 88 valence electrons. The van der Waals surface area contributed by atoms with Crippen LogP contribution in [0.15, 0.2) is 10.7 Å². The zero-order valence-corrected chi connectivity index (χ0v) is 11.3. The van der Waals surface area contributed by atoms with Crippen molar-refractivity contribution in [1.82, 2.24) is 9.97 Å². The predicted octanol–water partition coefficient (Wildman–Crippen LogP) is 2.45. The fourth-order valence-electron chi connectivity index (χ4n) is 1.88. The molecule has 1 saturated heterocycles. The van der Waals surface area contributed by atoms with Crippen molar-refractivity contribution in [3.63, 3.8) is 0 Å². The lowest BCUT2D eigenvalue weighted by atomic mass is 9.83. The number of aromatic nitrogens is 2. The van der Waals surface area contributed by atoms with Crippen molar-refractivity contribution in [3.05, 3.63) is 10.7 Å². The molecule has 4 nitrogen and oxygen atoms in total. The summed E-state index contributed by atoms with van der Waals surface area (Å²) in [6, 6.07) is 1.72. The molecule has 2 N–H and O–H groups in total. The smallest absolute Gasteiger partial charge is 0.228 e. The molecule has 1 aromatic rings. The molecule has 0 amide bonds. The van der Waals surface area contributed by atoms with E-state index in [0.29, 0.717) is 11.2 Å². The third-order valence-electron chi connectivity index (χ3n) is 3.10.